The smallest absolute Gasteiger partial charge is 0.129 e. The van der Waals surface area contributed by atoms with E-state index in [0.29, 0.717) is 12.0 Å². The zero-order chi connectivity index (χ0) is 13.0. The summed E-state index contributed by atoms with van der Waals surface area (Å²) in [5, 5.41) is 9.95. The molecule has 1 unspecified atom stereocenters. The van der Waals surface area contributed by atoms with E-state index in [4.69, 9.17) is 0 Å². The van der Waals surface area contributed by atoms with E-state index in [0.717, 1.165) is 18.9 Å². The van der Waals surface area contributed by atoms with Crippen molar-refractivity contribution >= 4 is 0 Å². The fourth-order valence-electron chi connectivity index (χ4n) is 2.41. The van der Waals surface area contributed by atoms with Crippen LogP contribution in [0.15, 0.2) is 29.8 Å². The van der Waals surface area contributed by atoms with Gasteiger partial charge >= 0.3 is 0 Å². The van der Waals surface area contributed by atoms with Crippen LogP contribution in [0.5, 0.6) is 0 Å². The third-order valence-corrected chi connectivity index (χ3v) is 3.35. The van der Waals surface area contributed by atoms with Crippen LogP contribution in [-0.4, -0.2) is 11.2 Å². The van der Waals surface area contributed by atoms with Gasteiger partial charge in [-0.15, -0.1) is 0 Å². The van der Waals surface area contributed by atoms with Crippen molar-refractivity contribution in [3.8, 4) is 0 Å². The van der Waals surface area contributed by atoms with E-state index in [2.05, 4.69) is 6.08 Å². The van der Waals surface area contributed by atoms with Crippen LogP contribution in [0.3, 0.4) is 0 Å². The molecule has 0 bridgehead atoms. The van der Waals surface area contributed by atoms with Crippen molar-refractivity contribution in [2.75, 3.05) is 0 Å². The van der Waals surface area contributed by atoms with Crippen LogP contribution in [0.4, 0.5) is 8.78 Å². The molecule has 2 rings (SSSR count). The van der Waals surface area contributed by atoms with Crippen molar-refractivity contribution in [2.24, 2.45) is 0 Å². The molecule has 1 aliphatic rings. The van der Waals surface area contributed by atoms with E-state index in [1.165, 1.54) is 30.5 Å². The van der Waals surface area contributed by atoms with Crippen LogP contribution in [-0.2, 0) is 6.42 Å². The summed E-state index contributed by atoms with van der Waals surface area (Å²) in [6, 6.07) is 3.50. The highest BCUT2D eigenvalue weighted by Gasteiger charge is 2.13. The van der Waals surface area contributed by atoms with Crippen molar-refractivity contribution in [1.82, 2.24) is 0 Å². The fraction of sp³-hybridized carbons (Fsp3) is 0.467. The molecule has 0 saturated heterocycles. The molecule has 0 radical (unpaired) electrons. The molecule has 1 aromatic rings. The van der Waals surface area contributed by atoms with Crippen LogP contribution < -0.4 is 0 Å². The molecule has 98 valence electrons. The average Bonchev–Trinajstić information content (AvgIpc) is 2.34. The molecular formula is C15H18F2O. The van der Waals surface area contributed by atoms with Gasteiger partial charge in [0.2, 0.25) is 0 Å². The maximum atomic E-state index is 13.4. The lowest BCUT2D eigenvalue weighted by Crippen LogP contribution is -2.13. The first-order valence-electron chi connectivity index (χ1n) is 6.45. The maximum absolute atomic E-state index is 13.4. The molecule has 0 saturated carbocycles. The highest BCUT2D eigenvalue weighted by atomic mass is 19.1. The predicted octanol–water partition coefficient (Wildman–Crippen LogP) is 3.76. The Labute approximate surface area is 106 Å². The number of hydrogen-bond donors (Lipinski definition) is 1. The normalized spacial score (nSPS) is 17.4. The summed E-state index contributed by atoms with van der Waals surface area (Å²) in [6.45, 7) is 0. The monoisotopic (exact) mass is 252 g/mol. The van der Waals surface area contributed by atoms with Crippen LogP contribution in [0.2, 0.25) is 0 Å². The van der Waals surface area contributed by atoms with E-state index in [1.807, 2.05) is 0 Å². The summed E-state index contributed by atoms with van der Waals surface area (Å²) in [5.74, 6) is -1.16. The van der Waals surface area contributed by atoms with Gasteiger partial charge in [0, 0.05) is 12.5 Å². The quantitative estimate of drug-likeness (QED) is 0.809. The van der Waals surface area contributed by atoms with Gasteiger partial charge in [-0.05, 0) is 43.7 Å². The maximum Gasteiger partial charge on any atom is 0.129 e. The molecule has 1 nitrogen and oxygen atoms in total. The molecule has 0 heterocycles. The molecule has 0 amide bonds. The van der Waals surface area contributed by atoms with Crippen LogP contribution in [0, 0.1) is 11.6 Å². The number of aliphatic hydroxyl groups is 1. The lowest BCUT2D eigenvalue weighted by atomic mass is 9.93. The summed E-state index contributed by atoms with van der Waals surface area (Å²) in [6.07, 6.45) is 6.91. The van der Waals surface area contributed by atoms with Crippen molar-refractivity contribution < 1.29 is 13.9 Å². The Bertz CT molecular complexity index is 440. The van der Waals surface area contributed by atoms with Gasteiger partial charge in [0.25, 0.3) is 0 Å². The number of aliphatic hydroxyl groups excluding tert-OH is 1. The number of benzene rings is 1. The zero-order valence-electron chi connectivity index (χ0n) is 10.3. The Kier molecular flexibility index (Phi) is 4.48. The number of rotatable bonds is 4. The standard InChI is InChI=1S/C15H18F2O/c16-13-7-6-12(15(17)10-13)9-14(18)8-11-4-2-1-3-5-11/h4,6-7,10,14,18H,1-3,5,8-9H2. The minimum Gasteiger partial charge on any atom is -0.392 e. The molecule has 1 N–H and O–H groups in total. The van der Waals surface area contributed by atoms with E-state index >= 15 is 0 Å². The largest absolute Gasteiger partial charge is 0.392 e. The van der Waals surface area contributed by atoms with Gasteiger partial charge in [0.05, 0.1) is 6.10 Å². The second-order valence-corrected chi connectivity index (χ2v) is 4.91. The first-order valence-corrected chi connectivity index (χ1v) is 6.45. The first-order chi connectivity index (χ1) is 8.65. The van der Waals surface area contributed by atoms with E-state index in [9.17, 15) is 13.9 Å². The molecule has 3 heteroatoms. The van der Waals surface area contributed by atoms with Crippen molar-refractivity contribution in [3.05, 3.63) is 47.0 Å². The Morgan fingerprint density at radius 3 is 2.67 bits per heavy atom. The van der Waals surface area contributed by atoms with Crippen molar-refractivity contribution in [1.29, 1.82) is 0 Å². The minimum absolute atomic E-state index is 0.240. The number of allylic oxidation sites excluding steroid dienone is 1. The van der Waals surface area contributed by atoms with E-state index in [-0.39, 0.29) is 6.42 Å². The number of hydrogen-bond acceptors (Lipinski definition) is 1. The molecule has 1 atom stereocenters. The van der Waals surface area contributed by atoms with Gasteiger partial charge in [0.15, 0.2) is 0 Å². The van der Waals surface area contributed by atoms with Crippen LogP contribution in [0.25, 0.3) is 0 Å². The Morgan fingerprint density at radius 2 is 2.00 bits per heavy atom. The second-order valence-electron chi connectivity index (χ2n) is 4.91. The van der Waals surface area contributed by atoms with Crippen LogP contribution in [0.1, 0.15) is 37.7 Å². The summed E-state index contributed by atoms with van der Waals surface area (Å²) in [5.41, 5.74) is 1.64. The molecule has 0 aliphatic heterocycles. The number of halogens is 2. The molecule has 18 heavy (non-hydrogen) atoms. The van der Waals surface area contributed by atoms with Gasteiger partial charge in [-0.2, -0.15) is 0 Å². The lowest BCUT2D eigenvalue weighted by molar-refractivity contribution is 0.172. The average molecular weight is 252 g/mol. The summed E-state index contributed by atoms with van der Waals surface area (Å²) in [4.78, 5) is 0. The van der Waals surface area contributed by atoms with Gasteiger partial charge in [-0.3, -0.25) is 0 Å². The van der Waals surface area contributed by atoms with Gasteiger partial charge in [-0.1, -0.05) is 17.7 Å². The van der Waals surface area contributed by atoms with Crippen molar-refractivity contribution in [2.45, 2.75) is 44.6 Å². The molecule has 0 fully saturated rings. The molecule has 1 aliphatic carbocycles. The summed E-state index contributed by atoms with van der Waals surface area (Å²) in [7, 11) is 0. The first kappa shape index (κ1) is 13.2. The van der Waals surface area contributed by atoms with Gasteiger partial charge in [0.1, 0.15) is 11.6 Å². The highest BCUT2D eigenvalue weighted by molar-refractivity contribution is 5.20. The SMILES string of the molecule is OC(CC1=CCCCC1)Cc1ccc(F)cc1F. The molecule has 0 spiro atoms. The third-order valence-electron chi connectivity index (χ3n) is 3.35. The summed E-state index contributed by atoms with van der Waals surface area (Å²) < 4.78 is 26.2. The zero-order valence-corrected chi connectivity index (χ0v) is 10.3. The third kappa shape index (κ3) is 3.64. The Balaban J connectivity index is 1.94. The lowest BCUT2D eigenvalue weighted by Gasteiger charge is -2.17. The van der Waals surface area contributed by atoms with Gasteiger partial charge in [-0.25, -0.2) is 8.78 Å². The molecular weight excluding hydrogens is 234 g/mol. The summed E-state index contributed by atoms with van der Waals surface area (Å²) >= 11 is 0. The predicted molar refractivity (Wildman–Crippen MR) is 67.2 cm³/mol. The Hall–Kier alpha value is -1.22. The minimum atomic E-state index is -0.589. The molecule has 1 aromatic carbocycles. The topological polar surface area (TPSA) is 20.2 Å². The van der Waals surface area contributed by atoms with E-state index in [1.54, 1.807) is 0 Å². The van der Waals surface area contributed by atoms with Crippen LogP contribution >= 0.6 is 0 Å². The Morgan fingerprint density at radius 1 is 1.17 bits per heavy atom. The van der Waals surface area contributed by atoms with Gasteiger partial charge < -0.3 is 5.11 Å². The highest BCUT2D eigenvalue weighted by Crippen LogP contribution is 2.23. The fourth-order valence-corrected chi connectivity index (χ4v) is 2.41. The second kappa shape index (κ2) is 6.10. The van der Waals surface area contributed by atoms with Crippen molar-refractivity contribution in [3.63, 3.8) is 0 Å². The molecule has 0 aromatic heterocycles. The van der Waals surface area contributed by atoms with E-state index < -0.39 is 17.7 Å².